The number of aryl methyl sites for hydroxylation is 8. The van der Waals surface area contributed by atoms with E-state index in [1.54, 1.807) is 91.0 Å². The van der Waals surface area contributed by atoms with E-state index in [2.05, 4.69) is 193 Å². The molecule has 0 atom stereocenters. The second-order valence-electron chi connectivity index (χ2n) is 28.7. The summed E-state index contributed by atoms with van der Waals surface area (Å²) in [6.45, 7) is -8.39. The molecule has 12 heteroatoms. The normalized spacial score (nSPS) is 12.5. The molecular formula is C121H98Ir4N8-8. The first-order chi connectivity index (χ1) is 70.6. The Morgan fingerprint density at radius 3 is 0.692 bits per heavy atom. The molecule has 0 saturated carbocycles. The summed E-state index contributed by atoms with van der Waals surface area (Å²) in [5, 5.41) is 0. The van der Waals surface area contributed by atoms with Crippen LogP contribution in [-0.4, -0.2) is 39.9 Å². The van der Waals surface area contributed by atoms with Crippen molar-refractivity contribution in [3.05, 3.63) is 531 Å². The smallest absolute Gasteiger partial charge is 0.0280 e. The van der Waals surface area contributed by atoms with Crippen molar-refractivity contribution in [1.29, 1.82) is 0 Å². The van der Waals surface area contributed by atoms with Crippen LogP contribution in [0.15, 0.2) is 438 Å². The van der Waals surface area contributed by atoms with E-state index < -0.39 is 41.1 Å². The van der Waals surface area contributed by atoms with Crippen molar-refractivity contribution in [3.63, 3.8) is 0 Å². The predicted octanol–water partition coefficient (Wildman–Crippen LogP) is 29.8. The van der Waals surface area contributed by atoms with Crippen LogP contribution in [0.25, 0.3) is 135 Å². The molecule has 8 heterocycles. The average Bonchev–Trinajstić information content (AvgIpc) is 0.810. The van der Waals surface area contributed by atoms with Crippen LogP contribution in [0.2, 0.25) is 0 Å². The minimum absolute atomic E-state index is 0. The maximum absolute atomic E-state index is 7.50. The van der Waals surface area contributed by atoms with Gasteiger partial charge in [0.15, 0.2) is 0 Å². The quantitative estimate of drug-likeness (QED) is 0.105. The molecule has 0 aliphatic rings. The van der Waals surface area contributed by atoms with E-state index in [4.69, 9.17) is 24.7 Å². The van der Waals surface area contributed by atoms with Crippen molar-refractivity contribution < 1.29 is 105 Å². The molecule has 20 aromatic rings. The summed E-state index contributed by atoms with van der Waals surface area (Å²) in [4.78, 5) is 33.9. The number of hydrogen-bond donors (Lipinski definition) is 0. The number of rotatable bonds is 13. The van der Waals surface area contributed by atoms with Gasteiger partial charge in [0.25, 0.3) is 0 Å². The van der Waals surface area contributed by atoms with Gasteiger partial charge in [0.2, 0.25) is 0 Å². The van der Waals surface area contributed by atoms with Crippen LogP contribution in [0.4, 0.5) is 0 Å². The molecule has 0 saturated heterocycles. The Morgan fingerprint density at radius 1 is 0.195 bits per heavy atom. The first-order valence-corrected chi connectivity index (χ1v) is 41.4. The third kappa shape index (κ3) is 33.0. The molecule has 20 rings (SSSR count). The molecule has 0 spiro atoms. The van der Waals surface area contributed by atoms with Crippen molar-refractivity contribution in [1.82, 2.24) is 39.9 Å². The number of pyridine rings is 8. The van der Waals surface area contributed by atoms with Gasteiger partial charge in [-0.3, -0.25) is 0 Å². The van der Waals surface area contributed by atoms with E-state index in [-0.39, 0.29) is 114 Å². The molecule has 8 aromatic heterocycles. The number of nitrogens with zero attached hydrogens (tertiary/aromatic N) is 8. The molecule has 0 aliphatic carbocycles. The van der Waals surface area contributed by atoms with Gasteiger partial charge < -0.3 is 39.9 Å². The van der Waals surface area contributed by atoms with E-state index in [1.165, 1.54) is 76.6 Å². The fourth-order valence-electron chi connectivity index (χ4n) is 12.8. The van der Waals surface area contributed by atoms with Crippen LogP contribution in [0.5, 0.6) is 0 Å². The summed E-state index contributed by atoms with van der Waals surface area (Å²) in [7, 11) is 0. The van der Waals surface area contributed by atoms with E-state index in [9.17, 15) is 0 Å². The summed E-state index contributed by atoms with van der Waals surface area (Å²) >= 11 is 0. The zero-order valence-corrected chi connectivity index (χ0v) is 81.8. The van der Waals surface area contributed by atoms with Crippen LogP contribution in [0.3, 0.4) is 0 Å². The van der Waals surface area contributed by atoms with Crippen LogP contribution in [-0.2, 0) is 86.8 Å². The van der Waals surface area contributed by atoms with Crippen molar-refractivity contribution in [2.24, 2.45) is 0 Å². The van der Waals surface area contributed by atoms with Gasteiger partial charge in [0, 0.05) is 155 Å². The summed E-state index contributed by atoms with van der Waals surface area (Å²) in [6, 6.07) is 148. The molecular weight excluding hydrogens is 2330 g/mol. The zero-order valence-electron chi connectivity index (χ0n) is 90.2. The number of hydrogen-bond acceptors (Lipinski definition) is 8. The zero-order chi connectivity index (χ0) is 104. The Kier molecular flexibility index (Phi) is 33.1. The Hall–Kier alpha value is -13.6. The van der Waals surface area contributed by atoms with Gasteiger partial charge >= 0.3 is 0 Å². The molecule has 133 heavy (non-hydrogen) atoms. The SMILES string of the molecule is CCc1ccnc(-c2[c-]ccc(-c3ccccc3)c2)c1.Cc1ccnc(-c2[c-]ccc(-c3ccccc3)c2)c1.[2H]C([2H])([2H])c1ccc(-c2[c-]ccc(-c3ccccc3)c2)nc1.[2H]C([2H])([2H])c1ccc(-c2[c-]cccc2)nc1.[2H]C([2H])([2H])c1ccc(-c2[c-]cccc2)nc1.[2H]C([2H])([2H])c1ccc(-c2[c-]cccc2)nc1.[2H]C([2H])([2H])c1ccc(-c2[c-]cccc2)nc1.[2H]C([2H])([2H])c1ccnc(-c2[c-]ccc(-c3ccccc3)c2)c1.[Ir].[Ir].[Ir].[Ir]. The number of benzene rings is 12. The van der Waals surface area contributed by atoms with Gasteiger partial charge in [-0.15, -0.1) is 285 Å². The van der Waals surface area contributed by atoms with E-state index in [0.29, 0.717) is 11.4 Å². The maximum Gasteiger partial charge on any atom is 0.0280 e. The molecule has 12 aromatic carbocycles. The largest absolute Gasteiger partial charge is 0.305 e. The molecule has 0 N–H and O–H groups in total. The third-order valence-electron chi connectivity index (χ3n) is 19.4. The summed E-state index contributed by atoms with van der Waals surface area (Å²) in [5.74, 6) is 0. The van der Waals surface area contributed by atoms with Crippen LogP contribution in [0, 0.1) is 96.6 Å². The van der Waals surface area contributed by atoms with Gasteiger partial charge in [-0.2, -0.15) is 0 Å². The Morgan fingerprint density at radius 2 is 0.436 bits per heavy atom. The Balaban J connectivity index is 0.000000191. The molecule has 8 nitrogen and oxygen atoms in total. The fourth-order valence-corrected chi connectivity index (χ4v) is 12.8. The molecule has 0 bridgehead atoms. The first-order valence-electron chi connectivity index (χ1n) is 50.4. The van der Waals surface area contributed by atoms with Crippen molar-refractivity contribution in [3.8, 4) is 135 Å². The standard InChI is InChI=1S/C19H16N.3C18H14N.4C12H10N.4Ir/c1-2-15-11-12-20-19(13-15)18-10-6-9-17(14-18)16-7-4-3-5-8-16;1-14-10-11-18(19-13-14)17-9-5-8-16(12-17)15-6-3-2-4-7-15;2*1-14-10-11-19-18(12-14)17-9-5-8-16(13-17)15-6-3-2-4-7-15;4*1-10-7-8-12(13-9-10)11-5-3-2-4-6-11;;;;/h3-9,11-14H,2H2,1H3;3*2-8,10-13H,1H3;4*2-5,7-9H,1H3;;;;/q8*-1;;;;/i;2*1D3;;4*1D3;;;;. The van der Waals surface area contributed by atoms with E-state index in [0.717, 1.165) is 107 Å². The van der Waals surface area contributed by atoms with Crippen molar-refractivity contribution in [2.75, 3.05) is 0 Å². The second kappa shape index (κ2) is 55.6. The fraction of sp³-hybridized carbons (Fsp3) is 0.0744. The van der Waals surface area contributed by atoms with E-state index in [1.807, 2.05) is 213 Å². The molecule has 4 radical (unpaired) electrons. The molecule has 0 fully saturated rings. The van der Waals surface area contributed by atoms with Crippen LogP contribution >= 0.6 is 0 Å². The molecule has 0 aliphatic heterocycles. The Bertz CT molecular complexity index is 7100. The summed E-state index contributed by atoms with van der Waals surface area (Å²) in [5.41, 5.74) is 26.6. The minimum Gasteiger partial charge on any atom is -0.305 e. The molecule has 666 valence electrons. The molecule has 0 unspecified atom stereocenters. The number of aromatic nitrogens is 8. The average molecular weight is 2450 g/mol. The third-order valence-corrected chi connectivity index (χ3v) is 19.4. The van der Waals surface area contributed by atoms with Gasteiger partial charge in [-0.05, 0) is 168 Å². The van der Waals surface area contributed by atoms with Gasteiger partial charge in [0.1, 0.15) is 0 Å². The van der Waals surface area contributed by atoms with Gasteiger partial charge in [-0.1, -0.05) is 224 Å². The Labute approximate surface area is 865 Å². The van der Waals surface area contributed by atoms with E-state index >= 15 is 0 Å². The monoisotopic (exact) mass is 2450 g/mol. The topological polar surface area (TPSA) is 103 Å². The summed E-state index contributed by atoms with van der Waals surface area (Å²) in [6.07, 6.45) is 13.2. The molecule has 0 amide bonds. The van der Waals surface area contributed by atoms with Crippen molar-refractivity contribution >= 4 is 0 Å². The maximum atomic E-state index is 7.50. The summed E-state index contributed by atoms with van der Waals surface area (Å²) < 4.78 is 131. The first kappa shape index (κ1) is 79.2. The van der Waals surface area contributed by atoms with Gasteiger partial charge in [0.05, 0.1) is 0 Å². The van der Waals surface area contributed by atoms with Crippen molar-refractivity contribution in [2.45, 2.75) is 61.4 Å². The van der Waals surface area contributed by atoms with Crippen LogP contribution < -0.4 is 0 Å². The predicted molar refractivity (Wildman–Crippen MR) is 532 cm³/mol. The minimum atomic E-state index is -2.13. The van der Waals surface area contributed by atoms with Crippen LogP contribution in [0.1, 0.15) is 76.1 Å². The van der Waals surface area contributed by atoms with Gasteiger partial charge in [-0.25, -0.2) is 0 Å². The second-order valence-corrected chi connectivity index (χ2v) is 28.7.